The lowest BCUT2D eigenvalue weighted by Crippen LogP contribution is -2.23. The van der Waals surface area contributed by atoms with Crippen LogP contribution in [0.2, 0.25) is 5.02 Å². The van der Waals surface area contributed by atoms with Gasteiger partial charge in [-0.2, -0.15) is 0 Å². The van der Waals surface area contributed by atoms with E-state index in [0.717, 1.165) is 22.8 Å². The maximum atomic E-state index is 9.41. The Kier molecular flexibility index (Phi) is 9.08. The van der Waals surface area contributed by atoms with Crippen molar-refractivity contribution >= 4 is 29.1 Å². The second kappa shape index (κ2) is 11.8. The molecule has 152 valence electrons. The molecule has 0 N–H and O–H groups in total. The summed E-state index contributed by atoms with van der Waals surface area (Å²) < 4.78 is 0. The smallest absolute Gasteiger partial charge is 0.0705 e. The number of nitrogens with zero attached hydrogens (tertiary/aromatic N) is 2. The summed E-state index contributed by atoms with van der Waals surface area (Å²) in [5, 5.41) is 19.6. The maximum absolute atomic E-state index is 9.41. The average molecular weight is 413 g/mol. The lowest BCUT2D eigenvalue weighted by Gasteiger charge is -2.14. The van der Waals surface area contributed by atoms with Crippen LogP contribution in [0.4, 0.5) is 0 Å². The van der Waals surface area contributed by atoms with Gasteiger partial charge in [0.05, 0.1) is 17.6 Å². The van der Waals surface area contributed by atoms with Gasteiger partial charge in [0.15, 0.2) is 0 Å². The first-order valence-corrected chi connectivity index (χ1v) is 9.53. The third kappa shape index (κ3) is 8.29. The van der Waals surface area contributed by atoms with Gasteiger partial charge in [-0.3, -0.25) is 9.88 Å². The number of pyridine rings is 1. The molecular formula is C22H21ClN2O4-2. The number of carboxylic acid groups (broad SMARTS) is 2. The number of aromatic nitrogens is 1. The van der Waals surface area contributed by atoms with Crippen LogP contribution in [0, 0.1) is 0 Å². The number of likely N-dealkylation sites (tertiary alicyclic amines) is 1. The van der Waals surface area contributed by atoms with Crippen molar-refractivity contribution in [3.05, 3.63) is 83.2 Å². The summed E-state index contributed by atoms with van der Waals surface area (Å²) in [6.07, 6.45) is 7.53. The van der Waals surface area contributed by atoms with Crippen LogP contribution in [-0.2, 0) is 9.59 Å². The van der Waals surface area contributed by atoms with Gasteiger partial charge in [0.1, 0.15) is 0 Å². The fourth-order valence-corrected chi connectivity index (χ4v) is 2.97. The lowest BCUT2D eigenvalue weighted by atomic mass is 10.0. The zero-order chi connectivity index (χ0) is 21.1. The van der Waals surface area contributed by atoms with Gasteiger partial charge in [0, 0.05) is 23.3 Å². The van der Waals surface area contributed by atoms with E-state index in [2.05, 4.69) is 34.2 Å². The summed E-state index contributed by atoms with van der Waals surface area (Å²) in [4.78, 5) is 25.8. The second-order valence-electron chi connectivity index (χ2n) is 6.32. The van der Waals surface area contributed by atoms with Crippen LogP contribution in [-0.4, -0.2) is 41.5 Å². The molecule has 1 aliphatic heterocycles. The number of carbonyl (C=O) groups excluding carboxylic acids is 2. The molecule has 0 radical (unpaired) electrons. The highest BCUT2D eigenvalue weighted by Gasteiger charge is 2.11. The predicted octanol–water partition coefficient (Wildman–Crippen LogP) is 1.30. The Labute approximate surface area is 174 Å². The minimum absolute atomic E-state index is 0.384. The molecule has 2 aromatic rings. The van der Waals surface area contributed by atoms with Crippen LogP contribution in [0.5, 0.6) is 0 Å². The molecule has 1 aromatic carbocycles. The van der Waals surface area contributed by atoms with Crippen molar-refractivity contribution in [2.75, 3.05) is 19.6 Å². The molecule has 7 heteroatoms. The molecule has 0 atom stereocenters. The third-order valence-corrected chi connectivity index (χ3v) is 4.46. The van der Waals surface area contributed by atoms with Crippen molar-refractivity contribution in [2.45, 2.75) is 12.8 Å². The van der Waals surface area contributed by atoms with Gasteiger partial charge in [-0.05, 0) is 67.9 Å². The largest absolute Gasteiger partial charge is 0.545 e. The van der Waals surface area contributed by atoms with Crippen LogP contribution in [0.3, 0.4) is 0 Å². The predicted molar refractivity (Wildman–Crippen MR) is 108 cm³/mol. The van der Waals surface area contributed by atoms with E-state index in [1.54, 1.807) is 0 Å². The molecule has 1 aromatic heterocycles. The number of carbonyl (C=O) groups is 2. The zero-order valence-corrected chi connectivity index (χ0v) is 16.5. The molecule has 1 fully saturated rings. The van der Waals surface area contributed by atoms with Crippen molar-refractivity contribution < 1.29 is 19.8 Å². The fourth-order valence-electron chi connectivity index (χ4n) is 2.84. The lowest BCUT2D eigenvalue weighted by molar-refractivity contribution is -0.301. The first-order chi connectivity index (χ1) is 14.0. The maximum Gasteiger partial charge on any atom is 0.0705 e. The Morgan fingerprint density at radius 2 is 1.62 bits per heavy atom. The van der Waals surface area contributed by atoms with Gasteiger partial charge in [0.2, 0.25) is 0 Å². The van der Waals surface area contributed by atoms with Crippen molar-refractivity contribution in [1.29, 1.82) is 0 Å². The number of benzene rings is 1. The Balaban J connectivity index is 0.000000321. The topological polar surface area (TPSA) is 96.4 Å². The summed E-state index contributed by atoms with van der Waals surface area (Å²) in [5.41, 5.74) is 3.36. The molecule has 29 heavy (non-hydrogen) atoms. The minimum atomic E-state index is -1.55. The van der Waals surface area contributed by atoms with Gasteiger partial charge in [-0.1, -0.05) is 35.9 Å². The molecule has 0 amide bonds. The van der Waals surface area contributed by atoms with Crippen molar-refractivity contribution in [1.82, 2.24) is 9.88 Å². The normalized spacial score (nSPS) is 14.4. The monoisotopic (exact) mass is 412 g/mol. The van der Waals surface area contributed by atoms with E-state index in [9.17, 15) is 19.8 Å². The highest BCUT2D eigenvalue weighted by atomic mass is 35.5. The van der Waals surface area contributed by atoms with Gasteiger partial charge < -0.3 is 19.8 Å². The summed E-state index contributed by atoms with van der Waals surface area (Å²) in [6.45, 7) is 3.38. The van der Waals surface area contributed by atoms with Gasteiger partial charge >= 0.3 is 0 Å². The molecular weight excluding hydrogens is 392 g/mol. The molecule has 1 saturated heterocycles. The second-order valence-corrected chi connectivity index (χ2v) is 6.76. The Morgan fingerprint density at radius 3 is 2.14 bits per heavy atom. The van der Waals surface area contributed by atoms with Crippen LogP contribution in [0.25, 0.3) is 5.57 Å². The van der Waals surface area contributed by atoms with Gasteiger partial charge in [-0.25, -0.2) is 0 Å². The van der Waals surface area contributed by atoms with E-state index >= 15 is 0 Å². The van der Waals surface area contributed by atoms with Crippen LogP contribution < -0.4 is 10.2 Å². The number of carboxylic acids is 2. The Hall–Kier alpha value is -2.96. The number of aliphatic carboxylic acids is 2. The molecule has 6 nitrogen and oxygen atoms in total. The third-order valence-electron chi connectivity index (χ3n) is 4.20. The van der Waals surface area contributed by atoms with E-state index < -0.39 is 11.9 Å². The van der Waals surface area contributed by atoms with Crippen molar-refractivity contribution in [2.24, 2.45) is 0 Å². The summed E-state index contributed by atoms with van der Waals surface area (Å²) in [6, 6.07) is 14.0. The molecule has 2 heterocycles. The minimum Gasteiger partial charge on any atom is -0.545 e. The SMILES string of the molecule is Clc1ccc(/C(=C/CN2CCCC2)c2ccccn2)cc1.O=C([O-])/C=C\C(=O)[O-]. The highest BCUT2D eigenvalue weighted by Crippen LogP contribution is 2.23. The fraction of sp³-hybridized carbons (Fsp3) is 0.227. The van der Waals surface area contributed by atoms with E-state index in [4.69, 9.17) is 11.6 Å². The number of halogens is 1. The highest BCUT2D eigenvalue weighted by molar-refractivity contribution is 6.30. The van der Waals surface area contributed by atoms with E-state index in [1.807, 2.05) is 30.5 Å². The molecule has 0 saturated carbocycles. The molecule has 3 rings (SSSR count). The zero-order valence-electron chi connectivity index (χ0n) is 15.8. The molecule has 1 aliphatic rings. The van der Waals surface area contributed by atoms with Gasteiger partial charge in [0.25, 0.3) is 0 Å². The van der Waals surface area contributed by atoms with Gasteiger partial charge in [-0.15, -0.1) is 0 Å². The van der Waals surface area contributed by atoms with Crippen molar-refractivity contribution in [3.63, 3.8) is 0 Å². The van der Waals surface area contributed by atoms with E-state index in [-0.39, 0.29) is 0 Å². The number of hydrogen-bond acceptors (Lipinski definition) is 6. The molecule has 0 bridgehead atoms. The van der Waals surface area contributed by atoms with E-state index in [0.29, 0.717) is 12.2 Å². The Bertz CT molecular complexity index is 842. The summed E-state index contributed by atoms with van der Waals surface area (Å²) in [5.74, 6) is -3.09. The standard InChI is InChI=1S/C18H19ClN2.C4H4O4/c19-16-8-6-15(7-9-16)17(18-5-1-2-11-20-18)10-14-21-12-3-4-13-21;5-3(6)1-2-4(7)8/h1-2,5-11H,3-4,12-14H2;1-2H,(H,5,6)(H,7,8)/p-2/b17-10-;2-1-. The molecule has 0 aliphatic carbocycles. The van der Waals surface area contributed by atoms with Crippen LogP contribution in [0.15, 0.2) is 66.9 Å². The van der Waals surface area contributed by atoms with E-state index in [1.165, 1.54) is 31.5 Å². The molecule has 0 unspecified atom stereocenters. The summed E-state index contributed by atoms with van der Waals surface area (Å²) >= 11 is 6.00. The van der Waals surface area contributed by atoms with Crippen molar-refractivity contribution in [3.8, 4) is 0 Å². The number of hydrogen-bond donors (Lipinski definition) is 0. The van der Waals surface area contributed by atoms with Crippen LogP contribution >= 0.6 is 11.6 Å². The first kappa shape index (κ1) is 22.3. The Morgan fingerprint density at radius 1 is 1.00 bits per heavy atom. The van der Waals surface area contributed by atoms with Crippen LogP contribution in [0.1, 0.15) is 24.1 Å². The quantitative estimate of drug-likeness (QED) is 0.663. The molecule has 0 spiro atoms. The first-order valence-electron chi connectivity index (χ1n) is 9.15. The average Bonchev–Trinajstić information content (AvgIpc) is 3.23. The summed E-state index contributed by atoms with van der Waals surface area (Å²) in [7, 11) is 0. The number of rotatable bonds is 6.